The van der Waals surface area contributed by atoms with Gasteiger partial charge in [0, 0.05) is 24.7 Å². The summed E-state index contributed by atoms with van der Waals surface area (Å²) in [5.74, 6) is -0.721. The number of hydrogen-bond donors (Lipinski definition) is 3. The molecule has 2 heterocycles. The molecule has 0 radical (unpaired) electrons. The van der Waals surface area contributed by atoms with Crippen LogP contribution in [0.2, 0.25) is 0 Å². The lowest BCUT2D eigenvalue weighted by Crippen LogP contribution is -2.47. The van der Waals surface area contributed by atoms with Crippen LogP contribution in [-0.4, -0.2) is 42.5 Å². The lowest BCUT2D eigenvalue weighted by molar-refractivity contribution is -0.122. The Balaban J connectivity index is 2.17. The van der Waals surface area contributed by atoms with Gasteiger partial charge in [-0.2, -0.15) is 0 Å². The second-order valence-electron chi connectivity index (χ2n) is 5.34. The van der Waals surface area contributed by atoms with Gasteiger partial charge in [0.15, 0.2) is 0 Å². The Kier molecular flexibility index (Phi) is 4.85. The molecule has 2 amide bonds. The highest BCUT2D eigenvalue weighted by Gasteiger charge is 2.26. The van der Waals surface area contributed by atoms with Crippen molar-refractivity contribution in [2.24, 2.45) is 0 Å². The third-order valence-electron chi connectivity index (χ3n) is 3.90. The number of esters is 1. The first kappa shape index (κ1) is 16.1. The molecule has 0 spiro atoms. The largest absolute Gasteiger partial charge is 0.465 e. The maximum atomic E-state index is 12.4. The molecule has 0 saturated carbocycles. The molecule has 1 aliphatic heterocycles. The van der Waals surface area contributed by atoms with Crippen LogP contribution in [0.3, 0.4) is 0 Å². The van der Waals surface area contributed by atoms with Gasteiger partial charge in [0.05, 0.1) is 12.7 Å². The van der Waals surface area contributed by atoms with Crippen molar-refractivity contribution >= 4 is 17.8 Å². The van der Waals surface area contributed by atoms with Gasteiger partial charge in [-0.25, -0.2) is 4.79 Å². The maximum absolute atomic E-state index is 12.4. The van der Waals surface area contributed by atoms with Crippen LogP contribution >= 0.6 is 0 Å². The molecule has 0 aromatic carbocycles. The quantitative estimate of drug-likeness (QED) is 0.712. The summed E-state index contributed by atoms with van der Waals surface area (Å²) in [4.78, 5) is 38.4. The molecule has 120 valence electrons. The van der Waals surface area contributed by atoms with Crippen LogP contribution in [0.4, 0.5) is 0 Å². The third-order valence-corrected chi connectivity index (χ3v) is 3.90. The van der Waals surface area contributed by atoms with Crippen LogP contribution in [0.15, 0.2) is 0 Å². The lowest BCUT2D eigenvalue weighted by Gasteiger charge is -2.23. The average Bonchev–Trinajstić information content (AvgIpc) is 2.85. The molecule has 1 fully saturated rings. The zero-order valence-corrected chi connectivity index (χ0v) is 13.0. The van der Waals surface area contributed by atoms with Gasteiger partial charge in [0.2, 0.25) is 5.91 Å². The number of rotatable bonds is 4. The van der Waals surface area contributed by atoms with E-state index in [1.807, 2.05) is 6.92 Å². The maximum Gasteiger partial charge on any atom is 0.339 e. The summed E-state index contributed by atoms with van der Waals surface area (Å²) in [5.41, 5.74) is 2.06. The number of aryl methyl sites for hydroxylation is 1. The molecular weight excluding hydrogens is 286 g/mol. The molecule has 2 rings (SSSR count). The Labute approximate surface area is 128 Å². The topological polar surface area (TPSA) is 100 Å². The van der Waals surface area contributed by atoms with E-state index in [4.69, 9.17) is 4.74 Å². The number of carbonyl (C=O) groups is 3. The Hall–Kier alpha value is -2.31. The van der Waals surface area contributed by atoms with E-state index in [0.29, 0.717) is 48.3 Å². The molecule has 0 bridgehead atoms. The van der Waals surface area contributed by atoms with E-state index in [1.54, 1.807) is 6.92 Å². The van der Waals surface area contributed by atoms with E-state index >= 15 is 0 Å². The Bertz CT molecular complexity index is 596. The summed E-state index contributed by atoms with van der Waals surface area (Å²) in [6, 6.07) is -0.0976. The second kappa shape index (κ2) is 6.64. The molecule has 3 N–H and O–H groups in total. The summed E-state index contributed by atoms with van der Waals surface area (Å²) in [6.45, 7) is 4.05. The standard InChI is InChI=1S/C15H21N3O4/c1-4-10-12(15(21)22-3)8(2)13(18-10)14(20)17-9-5-6-11(19)16-7-9/h9,18H,4-7H2,1-3H3,(H,16,19)(H,17,20). The molecule has 7 heteroatoms. The predicted octanol–water partition coefficient (Wildman–Crippen LogP) is 0.681. The first-order valence-corrected chi connectivity index (χ1v) is 7.35. The number of aromatic amines is 1. The average molecular weight is 307 g/mol. The van der Waals surface area contributed by atoms with Gasteiger partial charge in [0.1, 0.15) is 5.69 Å². The fraction of sp³-hybridized carbons (Fsp3) is 0.533. The fourth-order valence-corrected chi connectivity index (χ4v) is 2.64. The molecule has 22 heavy (non-hydrogen) atoms. The number of amides is 2. The van der Waals surface area contributed by atoms with E-state index in [-0.39, 0.29) is 17.9 Å². The van der Waals surface area contributed by atoms with Gasteiger partial charge in [-0.1, -0.05) is 6.92 Å². The fourth-order valence-electron chi connectivity index (χ4n) is 2.64. The van der Waals surface area contributed by atoms with E-state index in [1.165, 1.54) is 7.11 Å². The molecule has 1 atom stereocenters. The van der Waals surface area contributed by atoms with Crippen molar-refractivity contribution in [2.45, 2.75) is 39.2 Å². The normalized spacial score (nSPS) is 17.8. The van der Waals surface area contributed by atoms with Crippen LogP contribution in [0.25, 0.3) is 0 Å². The number of methoxy groups -OCH3 is 1. The predicted molar refractivity (Wildman–Crippen MR) is 79.7 cm³/mol. The highest BCUT2D eigenvalue weighted by atomic mass is 16.5. The highest BCUT2D eigenvalue weighted by Crippen LogP contribution is 2.20. The number of ether oxygens (including phenoxy) is 1. The van der Waals surface area contributed by atoms with Crippen LogP contribution in [0.5, 0.6) is 0 Å². The Morgan fingerprint density at radius 3 is 2.68 bits per heavy atom. The van der Waals surface area contributed by atoms with Gasteiger partial charge in [0.25, 0.3) is 5.91 Å². The molecule has 1 aromatic rings. The molecule has 1 unspecified atom stereocenters. The molecule has 1 aromatic heterocycles. The van der Waals surface area contributed by atoms with Crippen molar-refractivity contribution in [1.29, 1.82) is 0 Å². The first-order valence-electron chi connectivity index (χ1n) is 7.35. The van der Waals surface area contributed by atoms with Gasteiger partial charge in [-0.15, -0.1) is 0 Å². The molecule has 0 aliphatic carbocycles. The summed E-state index contributed by atoms with van der Waals surface area (Å²) in [5, 5.41) is 5.60. The van der Waals surface area contributed by atoms with Crippen molar-refractivity contribution in [3.63, 3.8) is 0 Å². The second-order valence-corrected chi connectivity index (χ2v) is 5.34. The Morgan fingerprint density at radius 1 is 1.41 bits per heavy atom. The number of carbonyl (C=O) groups excluding carboxylic acids is 3. The zero-order chi connectivity index (χ0) is 16.3. The van der Waals surface area contributed by atoms with Crippen molar-refractivity contribution in [2.75, 3.05) is 13.7 Å². The number of hydrogen-bond acceptors (Lipinski definition) is 4. The highest BCUT2D eigenvalue weighted by molar-refractivity contribution is 6.00. The minimum atomic E-state index is -0.449. The minimum absolute atomic E-state index is 0.00259. The number of H-pyrrole nitrogens is 1. The summed E-state index contributed by atoms with van der Waals surface area (Å²) < 4.78 is 4.78. The Morgan fingerprint density at radius 2 is 2.14 bits per heavy atom. The molecule has 1 aliphatic rings. The molecule has 1 saturated heterocycles. The van der Waals surface area contributed by atoms with Crippen LogP contribution in [0, 0.1) is 6.92 Å². The summed E-state index contributed by atoms with van der Waals surface area (Å²) >= 11 is 0. The summed E-state index contributed by atoms with van der Waals surface area (Å²) in [6.07, 6.45) is 1.61. The zero-order valence-electron chi connectivity index (χ0n) is 13.0. The van der Waals surface area contributed by atoms with E-state index in [9.17, 15) is 14.4 Å². The number of aromatic nitrogens is 1. The van der Waals surface area contributed by atoms with Crippen molar-refractivity contribution in [3.05, 3.63) is 22.5 Å². The lowest BCUT2D eigenvalue weighted by atomic mass is 10.1. The first-order chi connectivity index (χ1) is 10.5. The smallest absolute Gasteiger partial charge is 0.339 e. The van der Waals surface area contributed by atoms with Crippen molar-refractivity contribution < 1.29 is 19.1 Å². The SMILES string of the molecule is CCc1[nH]c(C(=O)NC2CCC(=O)NC2)c(C)c1C(=O)OC. The molecule has 7 nitrogen and oxygen atoms in total. The van der Waals surface area contributed by atoms with Gasteiger partial charge >= 0.3 is 5.97 Å². The third kappa shape index (κ3) is 3.13. The monoisotopic (exact) mass is 307 g/mol. The minimum Gasteiger partial charge on any atom is -0.465 e. The van der Waals surface area contributed by atoms with Gasteiger partial charge in [-0.3, -0.25) is 9.59 Å². The number of nitrogens with one attached hydrogen (secondary N) is 3. The van der Waals surface area contributed by atoms with Crippen molar-refractivity contribution in [3.8, 4) is 0 Å². The van der Waals surface area contributed by atoms with Gasteiger partial charge < -0.3 is 20.4 Å². The van der Waals surface area contributed by atoms with Crippen molar-refractivity contribution in [1.82, 2.24) is 15.6 Å². The van der Waals surface area contributed by atoms with E-state index < -0.39 is 5.97 Å². The molecular formula is C15H21N3O4. The van der Waals surface area contributed by atoms with Crippen LogP contribution in [0.1, 0.15) is 51.9 Å². The van der Waals surface area contributed by atoms with E-state index in [2.05, 4.69) is 15.6 Å². The number of piperidine rings is 1. The van der Waals surface area contributed by atoms with Crippen LogP contribution < -0.4 is 10.6 Å². The van der Waals surface area contributed by atoms with E-state index in [0.717, 1.165) is 0 Å². The van der Waals surface area contributed by atoms with Gasteiger partial charge in [-0.05, 0) is 25.3 Å². The summed E-state index contributed by atoms with van der Waals surface area (Å²) in [7, 11) is 1.32. The van der Waals surface area contributed by atoms with Crippen LogP contribution in [-0.2, 0) is 16.0 Å².